The number of carbonyl (C=O) groups is 1. The molecule has 4 heteroatoms. The molecule has 24 heavy (non-hydrogen) atoms. The van der Waals surface area contributed by atoms with Crippen LogP contribution in [0.1, 0.15) is 30.5 Å². The molecular weight excluding hydrogens is 322 g/mol. The normalized spacial score (nSPS) is 23.5. The summed E-state index contributed by atoms with van der Waals surface area (Å²) in [4.78, 5) is 12.3. The summed E-state index contributed by atoms with van der Waals surface area (Å²) in [7, 11) is 0. The van der Waals surface area contributed by atoms with Gasteiger partial charge in [0.15, 0.2) is 0 Å². The molecule has 3 nitrogen and oxygen atoms in total. The number of anilines is 1. The van der Waals surface area contributed by atoms with Crippen LogP contribution in [0.25, 0.3) is 11.6 Å². The van der Waals surface area contributed by atoms with Crippen LogP contribution >= 0.6 is 11.6 Å². The first-order chi connectivity index (χ1) is 11.5. The third-order valence-electron chi connectivity index (χ3n) is 4.82. The van der Waals surface area contributed by atoms with Gasteiger partial charge in [-0.3, -0.25) is 4.79 Å². The van der Waals surface area contributed by atoms with E-state index in [0.29, 0.717) is 16.5 Å². The molecule has 0 fully saturated rings. The number of ether oxygens (including phenoxy) is 1. The van der Waals surface area contributed by atoms with E-state index in [0.717, 1.165) is 29.0 Å². The molecule has 2 aliphatic heterocycles. The highest BCUT2D eigenvalue weighted by atomic mass is 35.5. The summed E-state index contributed by atoms with van der Waals surface area (Å²) in [5.74, 6) is 1.33. The van der Waals surface area contributed by atoms with E-state index in [2.05, 4.69) is 25.2 Å². The molecule has 0 radical (unpaired) electrons. The molecule has 0 bridgehead atoms. The van der Waals surface area contributed by atoms with E-state index in [-0.39, 0.29) is 12.0 Å². The molecule has 2 aromatic carbocycles. The maximum Gasteiger partial charge on any atom is 0.256 e. The van der Waals surface area contributed by atoms with Crippen LogP contribution in [-0.4, -0.2) is 12.0 Å². The van der Waals surface area contributed by atoms with E-state index in [9.17, 15) is 4.79 Å². The predicted octanol–water partition coefficient (Wildman–Crippen LogP) is 4.79. The molecule has 2 aliphatic rings. The molecular formula is C20H18ClNO2. The molecule has 0 saturated carbocycles. The fourth-order valence-corrected chi connectivity index (χ4v) is 3.44. The van der Waals surface area contributed by atoms with Crippen LogP contribution in [0.15, 0.2) is 36.4 Å². The number of rotatable bonds is 1. The molecule has 0 spiro atoms. The Morgan fingerprint density at radius 2 is 2.04 bits per heavy atom. The summed E-state index contributed by atoms with van der Waals surface area (Å²) < 4.78 is 5.94. The van der Waals surface area contributed by atoms with E-state index in [1.54, 1.807) is 6.07 Å². The Bertz CT molecular complexity index is 872. The number of nitrogens with one attached hydrogen (secondary N) is 1. The lowest BCUT2D eigenvalue weighted by molar-refractivity contribution is -0.110. The predicted molar refractivity (Wildman–Crippen MR) is 97.4 cm³/mol. The second-order valence-corrected chi connectivity index (χ2v) is 7.01. The summed E-state index contributed by atoms with van der Waals surface area (Å²) in [5.41, 5.74) is 4.49. The number of halogens is 1. The smallest absolute Gasteiger partial charge is 0.256 e. The van der Waals surface area contributed by atoms with Gasteiger partial charge in [0.2, 0.25) is 0 Å². The van der Waals surface area contributed by atoms with E-state index >= 15 is 0 Å². The first-order valence-electron chi connectivity index (χ1n) is 8.14. The van der Waals surface area contributed by atoms with E-state index in [1.807, 2.05) is 30.3 Å². The third kappa shape index (κ3) is 2.59. The lowest BCUT2D eigenvalue weighted by Gasteiger charge is -2.29. The van der Waals surface area contributed by atoms with Crippen molar-refractivity contribution in [3.63, 3.8) is 0 Å². The molecule has 0 aromatic heterocycles. The standard InChI is InChI=1S/C20H18ClNO2/c1-11-7-14-8-13(3-6-19(14)24-12(11)2)9-17-16-10-15(21)4-5-18(16)22-20(17)23/h3-6,8-12H,7H2,1-2H3,(H,22,23)/b17-9-. The molecule has 122 valence electrons. The van der Waals surface area contributed by atoms with Gasteiger partial charge < -0.3 is 10.1 Å². The lowest BCUT2D eigenvalue weighted by Crippen LogP contribution is -2.27. The van der Waals surface area contributed by atoms with Crippen LogP contribution in [0, 0.1) is 5.92 Å². The van der Waals surface area contributed by atoms with Crippen LogP contribution in [0.3, 0.4) is 0 Å². The molecule has 4 rings (SSSR count). The summed E-state index contributed by atoms with van der Waals surface area (Å²) in [6.45, 7) is 4.30. The van der Waals surface area contributed by atoms with E-state index in [1.165, 1.54) is 5.56 Å². The number of amides is 1. The van der Waals surface area contributed by atoms with Crippen molar-refractivity contribution in [3.8, 4) is 5.75 Å². The first-order valence-corrected chi connectivity index (χ1v) is 8.51. The van der Waals surface area contributed by atoms with Gasteiger partial charge in [-0.25, -0.2) is 0 Å². The van der Waals surface area contributed by atoms with Crippen molar-refractivity contribution < 1.29 is 9.53 Å². The number of carbonyl (C=O) groups excluding carboxylic acids is 1. The van der Waals surface area contributed by atoms with Crippen LogP contribution in [0.2, 0.25) is 5.02 Å². The fraction of sp³-hybridized carbons (Fsp3) is 0.250. The maximum absolute atomic E-state index is 12.3. The van der Waals surface area contributed by atoms with Crippen molar-refractivity contribution in [2.75, 3.05) is 5.32 Å². The minimum atomic E-state index is -0.0942. The Kier molecular flexibility index (Phi) is 3.61. The van der Waals surface area contributed by atoms with Crippen LogP contribution in [0.5, 0.6) is 5.75 Å². The molecule has 1 amide bonds. The van der Waals surface area contributed by atoms with Gasteiger partial charge in [0.25, 0.3) is 5.91 Å². The van der Waals surface area contributed by atoms with Crippen molar-refractivity contribution in [3.05, 3.63) is 58.1 Å². The molecule has 2 aromatic rings. The summed E-state index contributed by atoms with van der Waals surface area (Å²) in [6.07, 6.45) is 3.14. The van der Waals surface area contributed by atoms with Gasteiger partial charge in [-0.1, -0.05) is 24.6 Å². The van der Waals surface area contributed by atoms with E-state index < -0.39 is 0 Å². The summed E-state index contributed by atoms with van der Waals surface area (Å²) in [6, 6.07) is 11.5. The summed E-state index contributed by atoms with van der Waals surface area (Å²) in [5, 5.41) is 3.50. The van der Waals surface area contributed by atoms with Gasteiger partial charge >= 0.3 is 0 Å². The Balaban J connectivity index is 1.74. The highest BCUT2D eigenvalue weighted by Gasteiger charge is 2.25. The highest BCUT2D eigenvalue weighted by Crippen LogP contribution is 2.36. The molecule has 2 heterocycles. The topological polar surface area (TPSA) is 38.3 Å². The first kappa shape index (κ1) is 15.3. The minimum Gasteiger partial charge on any atom is -0.490 e. The molecule has 0 aliphatic carbocycles. The largest absolute Gasteiger partial charge is 0.490 e. The van der Waals surface area contributed by atoms with Crippen molar-refractivity contribution in [2.24, 2.45) is 5.92 Å². The van der Waals surface area contributed by atoms with Gasteiger partial charge in [-0.2, -0.15) is 0 Å². The zero-order valence-electron chi connectivity index (χ0n) is 13.6. The average molecular weight is 340 g/mol. The average Bonchev–Trinajstić information content (AvgIpc) is 2.84. The van der Waals surface area contributed by atoms with Gasteiger partial charge in [-0.05, 0) is 66.8 Å². The highest BCUT2D eigenvalue weighted by molar-refractivity contribution is 6.36. The van der Waals surface area contributed by atoms with Crippen molar-refractivity contribution in [1.82, 2.24) is 0 Å². The van der Waals surface area contributed by atoms with Crippen molar-refractivity contribution in [2.45, 2.75) is 26.4 Å². The Morgan fingerprint density at radius 3 is 2.88 bits per heavy atom. The Labute approximate surface area is 146 Å². The van der Waals surface area contributed by atoms with E-state index in [4.69, 9.17) is 16.3 Å². The maximum atomic E-state index is 12.3. The zero-order chi connectivity index (χ0) is 16.8. The van der Waals surface area contributed by atoms with Crippen LogP contribution in [-0.2, 0) is 11.2 Å². The SMILES string of the molecule is CC1Cc2cc(/C=C3\C(=O)Nc4ccc(Cl)cc43)ccc2OC1C. The number of hydrogen-bond acceptors (Lipinski definition) is 2. The third-order valence-corrected chi connectivity index (χ3v) is 5.05. The van der Waals surface area contributed by atoms with Gasteiger partial charge in [-0.15, -0.1) is 0 Å². The molecule has 2 atom stereocenters. The number of fused-ring (bicyclic) bond motifs is 2. The lowest BCUT2D eigenvalue weighted by atomic mass is 9.91. The monoisotopic (exact) mass is 339 g/mol. The minimum absolute atomic E-state index is 0.0942. The van der Waals surface area contributed by atoms with Crippen molar-refractivity contribution >= 4 is 34.8 Å². The number of benzene rings is 2. The van der Waals surface area contributed by atoms with Gasteiger partial charge in [0, 0.05) is 21.8 Å². The number of hydrogen-bond donors (Lipinski definition) is 1. The van der Waals surface area contributed by atoms with Gasteiger partial charge in [0.1, 0.15) is 5.75 Å². The quantitative estimate of drug-likeness (QED) is 0.758. The second kappa shape index (κ2) is 5.67. The Hall–Kier alpha value is -2.26. The summed E-state index contributed by atoms with van der Waals surface area (Å²) >= 11 is 6.08. The van der Waals surface area contributed by atoms with Gasteiger partial charge in [0.05, 0.1) is 6.10 Å². The molecule has 1 N–H and O–H groups in total. The second-order valence-electron chi connectivity index (χ2n) is 6.57. The molecule has 2 unspecified atom stereocenters. The van der Waals surface area contributed by atoms with Crippen LogP contribution < -0.4 is 10.1 Å². The van der Waals surface area contributed by atoms with Crippen molar-refractivity contribution in [1.29, 1.82) is 0 Å². The zero-order valence-corrected chi connectivity index (χ0v) is 14.4. The Morgan fingerprint density at radius 1 is 1.21 bits per heavy atom. The molecule has 0 saturated heterocycles. The fourth-order valence-electron chi connectivity index (χ4n) is 3.26. The van der Waals surface area contributed by atoms with Crippen LogP contribution in [0.4, 0.5) is 5.69 Å².